The minimum atomic E-state index is -0.487. The Morgan fingerprint density at radius 2 is 1.88 bits per heavy atom. The third kappa shape index (κ3) is 5.06. The van der Waals surface area contributed by atoms with Gasteiger partial charge in [-0.05, 0) is 49.9 Å². The van der Waals surface area contributed by atoms with Gasteiger partial charge in [-0.3, -0.25) is 14.9 Å². The molecule has 0 aliphatic rings. The number of benzene rings is 2. The summed E-state index contributed by atoms with van der Waals surface area (Å²) in [6, 6.07) is 10.8. The molecule has 0 atom stereocenters. The Morgan fingerprint density at radius 1 is 1.25 bits per heavy atom. The van der Waals surface area contributed by atoms with Gasteiger partial charge in [-0.25, -0.2) is 0 Å². The molecule has 1 N–H and O–H groups in total. The zero-order valence-corrected chi connectivity index (χ0v) is 16.7. The topological polar surface area (TPSA) is 72.2 Å². The van der Waals surface area contributed by atoms with Crippen molar-refractivity contribution in [3.05, 3.63) is 66.6 Å². The summed E-state index contributed by atoms with van der Waals surface area (Å²) < 4.78 is 0.918. The van der Waals surface area contributed by atoms with Gasteiger partial charge in [0.2, 0.25) is 5.91 Å². The lowest BCUT2D eigenvalue weighted by Gasteiger charge is -2.10. The van der Waals surface area contributed by atoms with E-state index in [9.17, 15) is 14.9 Å². The van der Waals surface area contributed by atoms with Crippen molar-refractivity contribution in [1.29, 1.82) is 0 Å². The number of non-ortho nitro benzene ring substituents is 1. The second-order valence-electron chi connectivity index (χ2n) is 5.01. The summed E-state index contributed by atoms with van der Waals surface area (Å²) in [6.07, 6.45) is 0. The van der Waals surface area contributed by atoms with E-state index >= 15 is 0 Å². The predicted octanol–water partition coefficient (Wildman–Crippen LogP) is 5.30. The van der Waals surface area contributed by atoms with E-state index < -0.39 is 4.92 Å². The van der Waals surface area contributed by atoms with Gasteiger partial charge < -0.3 is 5.32 Å². The smallest absolute Gasteiger partial charge is 0.271 e. The molecule has 24 heavy (non-hydrogen) atoms. The highest BCUT2D eigenvalue weighted by molar-refractivity contribution is 9.11. The van der Waals surface area contributed by atoms with E-state index in [2.05, 4.69) is 37.2 Å². The number of hydrogen-bond acceptors (Lipinski definition) is 4. The number of nitrogens with zero attached hydrogens (tertiary/aromatic N) is 1. The molecule has 0 aliphatic heterocycles. The normalized spacial score (nSPS) is 10.5. The molecular formula is C16H14Br2N2O3S. The second kappa shape index (κ2) is 8.64. The van der Waals surface area contributed by atoms with Crippen molar-refractivity contribution in [2.24, 2.45) is 0 Å². The van der Waals surface area contributed by atoms with Crippen molar-refractivity contribution in [2.75, 3.05) is 11.1 Å². The molecule has 0 fully saturated rings. The molecule has 5 nitrogen and oxygen atoms in total. The summed E-state index contributed by atoms with van der Waals surface area (Å²) in [6.45, 7) is 2.04. The van der Waals surface area contributed by atoms with Gasteiger partial charge in [0.15, 0.2) is 0 Å². The summed E-state index contributed by atoms with van der Waals surface area (Å²) in [4.78, 5) is 22.4. The van der Waals surface area contributed by atoms with E-state index in [0.717, 1.165) is 5.75 Å². The molecule has 0 heterocycles. The molecule has 1 amide bonds. The van der Waals surface area contributed by atoms with Crippen LogP contribution in [0.25, 0.3) is 0 Å². The quantitative estimate of drug-likeness (QED) is 0.456. The molecule has 0 spiro atoms. The van der Waals surface area contributed by atoms with E-state index in [0.29, 0.717) is 20.4 Å². The number of amides is 1. The number of halogens is 2. The Morgan fingerprint density at radius 3 is 2.46 bits per heavy atom. The predicted molar refractivity (Wildman–Crippen MR) is 104 cm³/mol. The Bertz CT molecular complexity index is 761. The summed E-state index contributed by atoms with van der Waals surface area (Å²) in [5.74, 6) is 0.885. The number of aryl methyl sites for hydroxylation is 1. The number of hydrogen-bond donors (Lipinski definition) is 1. The van der Waals surface area contributed by atoms with Gasteiger partial charge in [-0.1, -0.05) is 24.3 Å². The van der Waals surface area contributed by atoms with Crippen LogP contribution in [0.4, 0.5) is 11.4 Å². The molecule has 2 aromatic carbocycles. The monoisotopic (exact) mass is 472 g/mol. The van der Waals surface area contributed by atoms with Gasteiger partial charge in [-0.15, -0.1) is 11.8 Å². The van der Waals surface area contributed by atoms with Crippen LogP contribution >= 0.6 is 43.6 Å². The zero-order chi connectivity index (χ0) is 17.7. The fourth-order valence-corrected chi connectivity index (χ4v) is 4.25. The van der Waals surface area contributed by atoms with Gasteiger partial charge in [0, 0.05) is 26.8 Å². The fraction of sp³-hybridized carbons (Fsp3) is 0.188. The molecule has 0 bridgehead atoms. The van der Waals surface area contributed by atoms with Crippen molar-refractivity contribution in [1.82, 2.24) is 0 Å². The highest BCUT2D eigenvalue weighted by Gasteiger charge is 2.15. The molecule has 126 valence electrons. The highest BCUT2D eigenvalue weighted by atomic mass is 79.9. The van der Waals surface area contributed by atoms with E-state index in [1.807, 2.05) is 31.2 Å². The molecule has 0 radical (unpaired) electrons. The average Bonchev–Trinajstić information content (AvgIpc) is 2.52. The van der Waals surface area contributed by atoms with Crippen LogP contribution in [0.1, 0.15) is 11.1 Å². The molecule has 0 saturated carbocycles. The summed E-state index contributed by atoms with van der Waals surface area (Å²) in [5.41, 5.74) is 2.84. The molecule has 0 saturated heterocycles. The van der Waals surface area contributed by atoms with Gasteiger partial charge in [0.05, 0.1) is 16.4 Å². The van der Waals surface area contributed by atoms with Crippen molar-refractivity contribution < 1.29 is 9.72 Å². The first-order valence-corrected chi connectivity index (χ1v) is 9.68. The fourth-order valence-electron chi connectivity index (χ4n) is 1.99. The van der Waals surface area contributed by atoms with E-state index in [-0.39, 0.29) is 11.6 Å². The number of carbonyl (C=O) groups excluding carboxylic acids is 1. The average molecular weight is 474 g/mol. The number of nitro groups is 1. The maximum absolute atomic E-state index is 12.1. The number of carbonyl (C=O) groups is 1. The van der Waals surface area contributed by atoms with Crippen LogP contribution < -0.4 is 5.32 Å². The maximum Gasteiger partial charge on any atom is 0.271 e. The first kappa shape index (κ1) is 19.0. The van der Waals surface area contributed by atoms with Crippen molar-refractivity contribution in [2.45, 2.75) is 12.7 Å². The van der Waals surface area contributed by atoms with Gasteiger partial charge in [0.1, 0.15) is 0 Å². The largest absolute Gasteiger partial charge is 0.323 e. The van der Waals surface area contributed by atoms with Gasteiger partial charge in [0.25, 0.3) is 5.69 Å². The third-order valence-electron chi connectivity index (χ3n) is 3.25. The van der Waals surface area contributed by atoms with Crippen LogP contribution in [-0.2, 0) is 10.5 Å². The summed E-state index contributed by atoms with van der Waals surface area (Å²) in [7, 11) is 0. The summed E-state index contributed by atoms with van der Waals surface area (Å²) in [5, 5.41) is 13.6. The molecule has 0 aliphatic carbocycles. The van der Waals surface area contributed by atoms with E-state index in [1.165, 1.54) is 35.0 Å². The standard InChI is InChI=1S/C16H14Br2N2O3S/c1-10-4-2-3-5-11(10)8-24-9-15(21)19-16-13(17)6-12(20(22)23)7-14(16)18/h2-7H,8-9H2,1H3,(H,19,21). The number of rotatable bonds is 6. The lowest BCUT2D eigenvalue weighted by Crippen LogP contribution is -2.15. The lowest BCUT2D eigenvalue weighted by molar-refractivity contribution is -0.385. The SMILES string of the molecule is Cc1ccccc1CSCC(=O)Nc1c(Br)cc([N+](=O)[O-])cc1Br. The van der Waals surface area contributed by atoms with Crippen molar-refractivity contribution in [3.63, 3.8) is 0 Å². The van der Waals surface area contributed by atoms with Crippen molar-refractivity contribution in [3.8, 4) is 0 Å². The Labute approximate surface area is 160 Å². The Kier molecular flexibility index (Phi) is 6.82. The summed E-state index contributed by atoms with van der Waals surface area (Å²) >= 11 is 8.02. The molecule has 0 aromatic heterocycles. The molecule has 8 heteroatoms. The van der Waals surface area contributed by atoms with Crippen LogP contribution in [0.5, 0.6) is 0 Å². The Balaban J connectivity index is 1.95. The van der Waals surface area contributed by atoms with Crippen LogP contribution in [0.15, 0.2) is 45.3 Å². The molecular weight excluding hydrogens is 460 g/mol. The van der Waals surface area contributed by atoms with Crippen LogP contribution in [-0.4, -0.2) is 16.6 Å². The number of anilines is 1. The Hall–Kier alpha value is -1.38. The molecule has 0 unspecified atom stereocenters. The maximum atomic E-state index is 12.1. The third-order valence-corrected chi connectivity index (χ3v) is 5.49. The van der Waals surface area contributed by atoms with Crippen LogP contribution in [0, 0.1) is 17.0 Å². The van der Waals surface area contributed by atoms with Crippen molar-refractivity contribution >= 4 is 60.9 Å². The number of nitrogens with one attached hydrogen (secondary N) is 1. The van der Waals surface area contributed by atoms with Crippen LogP contribution in [0.3, 0.4) is 0 Å². The minimum absolute atomic E-state index is 0.0549. The zero-order valence-electron chi connectivity index (χ0n) is 12.7. The first-order valence-electron chi connectivity index (χ1n) is 6.94. The first-order chi connectivity index (χ1) is 11.4. The minimum Gasteiger partial charge on any atom is -0.323 e. The molecule has 2 rings (SSSR count). The number of nitro benzene ring substituents is 1. The lowest BCUT2D eigenvalue weighted by atomic mass is 10.1. The second-order valence-corrected chi connectivity index (χ2v) is 7.70. The van der Waals surface area contributed by atoms with E-state index in [4.69, 9.17) is 0 Å². The highest BCUT2D eigenvalue weighted by Crippen LogP contribution is 2.35. The number of thioether (sulfide) groups is 1. The van der Waals surface area contributed by atoms with Gasteiger partial charge in [-0.2, -0.15) is 0 Å². The van der Waals surface area contributed by atoms with Crippen LogP contribution in [0.2, 0.25) is 0 Å². The van der Waals surface area contributed by atoms with Gasteiger partial charge >= 0.3 is 0 Å². The van der Waals surface area contributed by atoms with E-state index in [1.54, 1.807) is 0 Å². The molecule has 2 aromatic rings.